The summed E-state index contributed by atoms with van der Waals surface area (Å²) in [4.78, 5) is 18.7. The fourth-order valence-electron chi connectivity index (χ4n) is 1.84. The Morgan fingerprint density at radius 1 is 1.42 bits per heavy atom. The van der Waals surface area contributed by atoms with Gasteiger partial charge in [-0.3, -0.25) is 9.36 Å². The molecule has 0 N–H and O–H groups in total. The van der Waals surface area contributed by atoms with Crippen molar-refractivity contribution in [2.45, 2.75) is 20.4 Å². The van der Waals surface area contributed by atoms with Gasteiger partial charge < -0.3 is 0 Å². The van der Waals surface area contributed by atoms with Gasteiger partial charge in [0.25, 0.3) is 5.56 Å². The summed E-state index contributed by atoms with van der Waals surface area (Å²) >= 11 is 8.60. The first-order valence-corrected chi connectivity index (χ1v) is 7.46. The van der Waals surface area contributed by atoms with Gasteiger partial charge in [-0.25, -0.2) is 4.98 Å². The highest BCUT2D eigenvalue weighted by Crippen LogP contribution is 2.25. The zero-order valence-corrected chi connectivity index (χ0v) is 12.6. The number of hydrogen-bond acceptors (Lipinski definition) is 6. The first kappa shape index (κ1) is 12.7. The molecule has 0 aliphatic carbocycles. The average molecular weight is 313 g/mol. The van der Waals surface area contributed by atoms with Gasteiger partial charge in [-0.05, 0) is 19.4 Å². The summed E-state index contributed by atoms with van der Waals surface area (Å²) in [6.07, 6.45) is 1.54. The molecule has 0 atom stereocenters. The van der Waals surface area contributed by atoms with Crippen LogP contribution >= 0.6 is 34.5 Å². The van der Waals surface area contributed by atoms with Crippen LogP contribution in [0.5, 0.6) is 0 Å². The average Bonchev–Trinajstić information content (AvgIpc) is 2.89. The van der Waals surface area contributed by atoms with Gasteiger partial charge in [0.15, 0.2) is 0 Å². The highest BCUT2D eigenvalue weighted by Gasteiger charge is 2.14. The number of hydrogen-bond donors (Lipinski definition) is 0. The summed E-state index contributed by atoms with van der Waals surface area (Å²) in [5.41, 5.74) is 1.53. The number of thiophene rings is 1. The zero-order chi connectivity index (χ0) is 13.6. The number of nitrogens with zero attached hydrogens (tertiary/aromatic N) is 4. The Hall–Kier alpha value is -1.31. The smallest absolute Gasteiger partial charge is 0.262 e. The van der Waals surface area contributed by atoms with Crippen molar-refractivity contribution in [3.63, 3.8) is 0 Å². The first-order valence-electron chi connectivity index (χ1n) is 5.50. The number of aromatic nitrogens is 4. The van der Waals surface area contributed by atoms with Crippen molar-refractivity contribution in [1.29, 1.82) is 0 Å². The van der Waals surface area contributed by atoms with Gasteiger partial charge in [0.1, 0.15) is 14.9 Å². The second-order valence-corrected chi connectivity index (χ2v) is 6.69. The molecule has 3 aromatic rings. The van der Waals surface area contributed by atoms with Crippen LogP contribution in [0.4, 0.5) is 0 Å². The van der Waals surface area contributed by atoms with Crippen molar-refractivity contribution in [3.05, 3.63) is 37.2 Å². The van der Waals surface area contributed by atoms with Crippen molar-refractivity contribution in [2.24, 2.45) is 0 Å². The summed E-state index contributed by atoms with van der Waals surface area (Å²) in [6, 6.07) is 0. The summed E-state index contributed by atoms with van der Waals surface area (Å²) in [7, 11) is 0. The lowest BCUT2D eigenvalue weighted by molar-refractivity contribution is 0.727. The maximum absolute atomic E-state index is 12.4. The molecule has 19 heavy (non-hydrogen) atoms. The minimum atomic E-state index is -0.0593. The molecule has 3 heterocycles. The lowest BCUT2D eigenvalue weighted by Crippen LogP contribution is -2.21. The summed E-state index contributed by atoms with van der Waals surface area (Å²) in [5.74, 6) is 0. The van der Waals surface area contributed by atoms with Crippen LogP contribution in [-0.4, -0.2) is 19.1 Å². The Bertz CT molecular complexity index is 820. The summed E-state index contributed by atoms with van der Waals surface area (Å²) < 4.78 is 5.78. The molecule has 0 aromatic carbocycles. The van der Waals surface area contributed by atoms with Crippen LogP contribution in [0.25, 0.3) is 10.2 Å². The molecule has 3 rings (SSSR count). The van der Waals surface area contributed by atoms with Crippen LogP contribution < -0.4 is 5.56 Å². The van der Waals surface area contributed by atoms with Crippen molar-refractivity contribution < 1.29 is 0 Å². The predicted octanol–water partition coefficient (Wildman–Crippen LogP) is 2.63. The topological polar surface area (TPSA) is 60.7 Å². The zero-order valence-electron chi connectivity index (χ0n) is 10.2. The Balaban J connectivity index is 2.15. The monoisotopic (exact) mass is 312 g/mol. The summed E-state index contributed by atoms with van der Waals surface area (Å²) in [6.45, 7) is 4.23. The van der Waals surface area contributed by atoms with Crippen LogP contribution in [-0.2, 0) is 6.54 Å². The van der Waals surface area contributed by atoms with Gasteiger partial charge in [-0.1, -0.05) is 16.1 Å². The molecule has 3 aromatic heterocycles. The molecule has 0 saturated carbocycles. The number of fused-ring (bicyclic) bond motifs is 1. The molecule has 0 radical (unpaired) electrons. The Morgan fingerprint density at radius 3 is 2.89 bits per heavy atom. The number of halogens is 1. The fourth-order valence-corrected chi connectivity index (χ4v) is 3.43. The van der Waals surface area contributed by atoms with Crippen LogP contribution in [0, 0.1) is 13.8 Å². The molecule has 0 amide bonds. The Kier molecular flexibility index (Phi) is 3.12. The SMILES string of the molecule is Cc1sc2ncn(Cc3nnsc3Cl)c(=O)c2c1C. The van der Waals surface area contributed by atoms with E-state index in [4.69, 9.17) is 11.6 Å². The molecule has 5 nitrogen and oxygen atoms in total. The molecule has 0 spiro atoms. The minimum Gasteiger partial charge on any atom is -0.292 e. The van der Waals surface area contributed by atoms with Crippen molar-refractivity contribution >= 4 is 44.7 Å². The third-order valence-corrected chi connectivity index (χ3v) is 5.08. The maximum atomic E-state index is 12.4. The maximum Gasteiger partial charge on any atom is 0.262 e. The van der Waals surface area contributed by atoms with Gasteiger partial charge in [0, 0.05) is 16.4 Å². The largest absolute Gasteiger partial charge is 0.292 e. The fraction of sp³-hybridized carbons (Fsp3) is 0.273. The molecular weight excluding hydrogens is 304 g/mol. The molecule has 98 valence electrons. The minimum absolute atomic E-state index is 0.0593. The van der Waals surface area contributed by atoms with E-state index in [9.17, 15) is 4.79 Å². The predicted molar refractivity (Wildman–Crippen MR) is 77.4 cm³/mol. The molecule has 0 unspecified atom stereocenters. The van der Waals surface area contributed by atoms with Crippen molar-refractivity contribution in [1.82, 2.24) is 19.1 Å². The van der Waals surface area contributed by atoms with Crippen molar-refractivity contribution in [2.75, 3.05) is 0 Å². The van der Waals surface area contributed by atoms with Crippen LogP contribution in [0.15, 0.2) is 11.1 Å². The lowest BCUT2D eigenvalue weighted by Gasteiger charge is -2.03. The Labute approximate surface area is 121 Å². The molecule has 0 aliphatic heterocycles. The third-order valence-electron chi connectivity index (χ3n) is 2.99. The van der Waals surface area contributed by atoms with Crippen LogP contribution in [0.3, 0.4) is 0 Å². The molecule has 0 saturated heterocycles. The van der Waals surface area contributed by atoms with E-state index >= 15 is 0 Å². The van der Waals surface area contributed by atoms with E-state index in [2.05, 4.69) is 14.6 Å². The van der Waals surface area contributed by atoms with E-state index in [1.807, 2.05) is 13.8 Å². The highest BCUT2D eigenvalue weighted by molar-refractivity contribution is 7.18. The third kappa shape index (κ3) is 2.07. The van der Waals surface area contributed by atoms with Gasteiger partial charge in [0.05, 0.1) is 18.3 Å². The normalized spacial score (nSPS) is 11.3. The van der Waals surface area contributed by atoms with E-state index < -0.39 is 0 Å². The molecule has 0 bridgehead atoms. The van der Waals surface area contributed by atoms with Gasteiger partial charge in [0.2, 0.25) is 0 Å². The van der Waals surface area contributed by atoms with Crippen LogP contribution in [0.2, 0.25) is 4.34 Å². The van der Waals surface area contributed by atoms with E-state index in [-0.39, 0.29) is 5.56 Å². The molecule has 0 fully saturated rings. The standard InChI is InChI=1S/C11H9ClN4OS2/c1-5-6(2)18-10-8(5)11(17)16(4-13-10)3-7-9(12)19-15-14-7/h4H,3H2,1-2H3. The van der Waals surface area contributed by atoms with Gasteiger partial charge in [-0.2, -0.15) is 0 Å². The second kappa shape index (κ2) is 4.66. The van der Waals surface area contributed by atoms with Crippen LogP contribution in [0.1, 0.15) is 16.1 Å². The number of rotatable bonds is 2. The van der Waals surface area contributed by atoms with E-state index in [1.54, 1.807) is 0 Å². The highest BCUT2D eigenvalue weighted by atomic mass is 35.5. The summed E-state index contributed by atoms with van der Waals surface area (Å²) in [5, 5.41) is 4.60. The van der Waals surface area contributed by atoms with Crippen molar-refractivity contribution in [3.8, 4) is 0 Å². The van der Waals surface area contributed by atoms with Gasteiger partial charge in [-0.15, -0.1) is 16.4 Å². The van der Waals surface area contributed by atoms with E-state index in [0.717, 1.165) is 26.8 Å². The quantitative estimate of drug-likeness (QED) is 0.730. The first-order chi connectivity index (χ1) is 9.08. The molecular formula is C11H9ClN4OS2. The number of aryl methyl sites for hydroxylation is 2. The Morgan fingerprint density at radius 2 is 2.21 bits per heavy atom. The second-order valence-electron chi connectivity index (χ2n) is 4.13. The lowest BCUT2D eigenvalue weighted by atomic mass is 10.2. The van der Waals surface area contributed by atoms with Gasteiger partial charge >= 0.3 is 0 Å². The van der Waals surface area contributed by atoms with E-state index in [0.29, 0.717) is 22.0 Å². The van der Waals surface area contributed by atoms with E-state index in [1.165, 1.54) is 22.2 Å². The molecule has 0 aliphatic rings. The molecule has 8 heteroatoms.